The highest BCUT2D eigenvalue weighted by atomic mass is 19.4. The van der Waals surface area contributed by atoms with Gasteiger partial charge in [-0.1, -0.05) is 6.92 Å². The second-order valence-electron chi connectivity index (χ2n) is 8.21. The number of methoxy groups -OCH3 is 1. The van der Waals surface area contributed by atoms with E-state index in [4.69, 9.17) is 19.9 Å². The standard InChI is InChI=1S/C21H26F3N5O3/c1-11-8-29(4-5-31-9-11)19-13-10-32-15(7-14(13)26-20(28-19)30-3)18-17(21(22,23)24)12(2)6-16(25)27-18/h6,11,15H,4-5,7-10H2,1-3H3,(H2,25,27). The van der Waals surface area contributed by atoms with E-state index in [9.17, 15) is 13.2 Å². The maximum absolute atomic E-state index is 13.8. The van der Waals surface area contributed by atoms with Crippen LogP contribution in [0.1, 0.15) is 41.1 Å². The minimum absolute atomic E-state index is 0.00825. The molecule has 8 nitrogen and oxygen atoms in total. The molecule has 0 amide bonds. The highest BCUT2D eigenvalue weighted by Gasteiger charge is 2.40. The Morgan fingerprint density at radius 2 is 2.03 bits per heavy atom. The summed E-state index contributed by atoms with van der Waals surface area (Å²) in [6.07, 6.45) is -5.43. The number of fused-ring (bicyclic) bond motifs is 1. The monoisotopic (exact) mass is 453 g/mol. The molecule has 0 radical (unpaired) electrons. The first-order valence-electron chi connectivity index (χ1n) is 10.4. The van der Waals surface area contributed by atoms with Crippen molar-refractivity contribution in [2.24, 2.45) is 5.92 Å². The fraction of sp³-hybridized carbons (Fsp3) is 0.571. The van der Waals surface area contributed by atoms with E-state index in [0.29, 0.717) is 37.2 Å². The number of aromatic nitrogens is 3. The minimum atomic E-state index is -4.58. The van der Waals surface area contributed by atoms with Crippen LogP contribution < -0.4 is 15.4 Å². The average molecular weight is 453 g/mol. The van der Waals surface area contributed by atoms with Gasteiger partial charge in [0.05, 0.1) is 43.9 Å². The van der Waals surface area contributed by atoms with E-state index in [-0.39, 0.29) is 36.1 Å². The predicted molar refractivity (Wildman–Crippen MR) is 110 cm³/mol. The summed E-state index contributed by atoms with van der Waals surface area (Å²) in [5.74, 6) is 0.968. The molecule has 2 atom stereocenters. The van der Waals surface area contributed by atoms with Crippen LogP contribution in [0.15, 0.2) is 6.07 Å². The number of nitrogens with zero attached hydrogens (tertiary/aromatic N) is 4. The number of nitrogen functional groups attached to an aromatic ring is 1. The number of pyridine rings is 1. The molecule has 4 heterocycles. The Kier molecular flexibility index (Phi) is 6.13. The number of nitrogens with two attached hydrogens (primary N) is 1. The molecule has 0 saturated carbocycles. The lowest BCUT2D eigenvalue weighted by Gasteiger charge is -2.31. The summed E-state index contributed by atoms with van der Waals surface area (Å²) < 4.78 is 58.2. The SMILES string of the molecule is COc1nc2c(c(N3CCOCC(C)C3)n1)COC(c1nc(N)cc(C)c1C(F)(F)F)C2. The quantitative estimate of drug-likeness (QED) is 0.758. The predicted octanol–water partition coefficient (Wildman–Crippen LogP) is 3.08. The van der Waals surface area contributed by atoms with Crippen molar-refractivity contribution < 1.29 is 27.4 Å². The molecule has 174 valence electrons. The van der Waals surface area contributed by atoms with E-state index in [1.165, 1.54) is 20.1 Å². The topological polar surface area (TPSA) is 95.6 Å². The number of hydrogen-bond donors (Lipinski definition) is 1. The molecule has 2 aliphatic heterocycles. The fourth-order valence-electron chi connectivity index (χ4n) is 4.26. The maximum Gasteiger partial charge on any atom is 0.418 e. The number of anilines is 2. The average Bonchev–Trinajstić information content (AvgIpc) is 2.95. The minimum Gasteiger partial charge on any atom is -0.467 e. The summed E-state index contributed by atoms with van der Waals surface area (Å²) in [5, 5.41) is 0. The van der Waals surface area contributed by atoms with Crippen LogP contribution in [0.3, 0.4) is 0 Å². The van der Waals surface area contributed by atoms with Crippen LogP contribution in [0.4, 0.5) is 24.8 Å². The zero-order valence-electron chi connectivity index (χ0n) is 18.2. The van der Waals surface area contributed by atoms with Gasteiger partial charge in [-0.15, -0.1) is 0 Å². The Hall–Kier alpha value is -2.66. The van der Waals surface area contributed by atoms with Gasteiger partial charge in [0.15, 0.2) is 0 Å². The first kappa shape index (κ1) is 22.5. The highest BCUT2D eigenvalue weighted by Crippen LogP contribution is 2.41. The molecule has 2 N–H and O–H groups in total. The molecule has 1 fully saturated rings. The van der Waals surface area contributed by atoms with E-state index in [0.717, 1.165) is 12.1 Å². The molecule has 1 saturated heterocycles. The van der Waals surface area contributed by atoms with E-state index in [2.05, 4.69) is 26.8 Å². The molecule has 0 aliphatic carbocycles. The molecule has 0 aromatic carbocycles. The fourth-order valence-corrected chi connectivity index (χ4v) is 4.26. The van der Waals surface area contributed by atoms with Gasteiger partial charge in [0.1, 0.15) is 17.7 Å². The van der Waals surface area contributed by atoms with Gasteiger partial charge < -0.3 is 24.8 Å². The molecule has 4 rings (SSSR count). The van der Waals surface area contributed by atoms with Gasteiger partial charge in [0.25, 0.3) is 0 Å². The van der Waals surface area contributed by atoms with Crippen molar-refractivity contribution in [2.75, 3.05) is 44.0 Å². The second kappa shape index (κ2) is 8.70. The van der Waals surface area contributed by atoms with Crippen LogP contribution in [-0.2, 0) is 28.7 Å². The molecular formula is C21H26F3N5O3. The molecule has 11 heteroatoms. The van der Waals surface area contributed by atoms with Crippen LogP contribution >= 0.6 is 0 Å². The summed E-state index contributed by atoms with van der Waals surface area (Å²) in [6, 6.07) is 1.37. The van der Waals surface area contributed by atoms with Crippen molar-refractivity contribution in [1.82, 2.24) is 15.0 Å². The van der Waals surface area contributed by atoms with E-state index in [1.807, 2.05) is 0 Å². The molecule has 32 heavy (non-hydrogen) atoms. The van der Waals surface area contributed by atoms with Crippen molar-refractivity contribution in [3.05, 3.63) is 34.1 Å². The summed E-state index contributed by atoms with van der Waals surface area (Å²) in [4.78, 5) is 15.1. The van der Waals surface area contributed by atoms with Crippen LogP contribution in [-0.4, -0.2) is 48.4 Å². The van der Waals surface area contributed by atoms with Crippen molar-refractivity contribution in [1.29, 1.82) is 0 Å². The Balaban J connectivity index is 1.74. The van der Waals surface area contributed by atoms with Gasteiger partial charge in [-0.3, -0.25) is 0 Å². The molecule has 0 bridgehead atoms. The third-order valence-corrected chi connectivity index (χ3v) is 5.63. The van der Waals surface area contributed by atoms with Crippen molar-refractivity contribution in [3.63, 3.8) is 0 Å². The Morgan fingerprint density at radius 3 is 2.75 bits per heavy atom. The van der Waals surface area contributed by atoms with Gasteiger partial charge in [-0.25, -0.2) is 4.98 Å². The number of hydrogen-bond acceptors (Lipinski definition) is 8. The Labute approximate surface area is 183 Å². The van der Waals surface area contributed by atoms with Gasteiger partial charge in [-0.05, 0) is 24.5 Å². The molecular weight excluding hydrogens is 427 g/mol. The van der Waals surface area contributed by atoms with Gasteiger partial charge >= 0.3 is 12.2 Å². The van der Waals surface area contributed by atoms with Crippen molar-refractivity contribution in [3.8, 4) is 6.01 Å². The summed E-state index contributed by atoms with van der Waals surface area (Å²) in [5.41, 5.74) is 6.05. The normalized spacial score (nSPS) is 21.8. The summed E-state index contributed by atoms with van der Waals surface area (Å²) in [7, 11) is 1.46. The Morgan fingerprint density at radius 1 is 1.25 bits per heavy atom. The smallest absolute Gasteiger partial charge is 0.418 e. The van der Waals surface area contributed by atoms with Crippen LogP contribution in [0.25, 0.3) is 0 Å². The number of halogens is 3. The number of aryl methyl sites for hydroxylation is 1. The third kappa shape index (κ3) is 4.44. The van der Waals surface area contributed by atoms with Gasteiger partial charge in [0, 0.05) is 25.1 Å². The molecule has 2 aromatic heterocycles. The van der Waals surface area contributed by atoms with Gasteiger partial charge in [0.2, 0.25) is 0 Å². The van der Waals surface area contributed by atoms with Crippen molar-refractivity contribution in [2.45, 2.75) is 39.2 Å². The lowest BCUT2D eigenvalue weighted by atomic mass is 9.96. The van der Waals surface area contributed by atoms with Gasteiger partial charge in [-0.2, -0.15) is 23.1 Å². The van der Waals surface area contributed by atoms with E-state index >= 15 is 0 Å². The molecule has 0 spiro atoms. The second-order valence-corrected chi connectivity index (χ2v) is 8.21. The number of ether oxygens (including phenoxy) is 3. The molecule has 2 unspecified atom stereocenters. The lowest BCUT2D eigenvalue weighted by Crippen LogP contribution is -2.33. The van der Waals surface area contributed by atoms with E-state index in [1.54, 1.807) is 0 Å². The summed E-state index contributed by atoms with van der Waals surface area (Å²) in [6.45, 7) is 6.07. The highest BCUT2D eigenvalue weighted by molar-refractivity contribution is 5.52. The zero-order chi connectivity index (χ0) is 23.0. The van der Waals surface area contributed by atoms with Crippen LogP contribution in [0.2, 0.25) is 0 Å². The number of alkyl halides is 3. The van der Waals surface area contributed by atoms with Crippen molar-refractivity contribution >= 4 is 11.6 Å². The number of rotatable bonds is 3. The van der Waals surface area contributed by atoms with Crippen LogP contribution in [0, 0.1) is 12.8 Å². The van der Waals surface area contributed by atoms with Crippen LogP contribution in [0.5, 0.6) is 6.01 Å². The lowest BCUT2D eigenvalue weighted by molar-refractivity contribution is -0.140. The Bertz CT molecular complexity index is 1000. The molecule has 2 aliphatic rings. The maximum atomic E-state index is 13.8. The first-order valence-corrected chi connectivity index (χ1v) is 10.4. The van der Waals surface area contributed by atoms with E-state index < -0.39 is 17.8 Å². The largest absolute Gasteiger partial charge is 0.467 e. The zero-order valence-corrected chi connectivity index (χ0v) is 18.2. The third-order valence-electron chi connectivity index (χ3n) is 5.63. The summed E-state index contributed by atoms with van der Waals surface area (Å²) >= 11 is 0. The first-order chi connectivity index (χ1) is 15.2. The molecule has 2 aromatic rings.